The Morgan fingerprint density at radius 3 is 1.86 bits per heavy atom. The minimum absolute atomic E-state index is 0.0243. The summed E-state index contributed by atoms with van der Waals surface area (Å²) in [5.74, 6) is -2.81. The lowest BCUT2D eigenvalue weighted by Crippen LogP contribution is -2.20. The van der Waals surface area contributed by atoms with Gasteiger partial charge < -0.3 is 15.7 Å². The molecule has 6 nitrogen and oxygen atoms in total. The second-order valence-corrected chi connectivity index (χ2v) is 5.81. The third-order valence-corrected chi connectivity index (χ3v) is 3.92. The summed E-state index contributed by atoms with van der Waals surface area (Å²) in [6.07, 6.45) is 0. The van der Waals surface area contributed by atoms with E-state index in [-0.39, 0.29) is 22.4 Å². The highest BCUT2D eigenvalue weighted by Gasteiger charge is 2.18. The molecule has 0 saturated carbocycles. The largest absolute Gasteiger partial charge is 0.478 e. The van der Waals surface area contributed by atoms with E-state index < -0.39 is 23.6 Å². The predicted molar refractivity (Wildman–Crippen MR) is 102 cm³/mol. The number of amides is 2. The number of para-hydroxylation sites is 1. The van der Waals surface area contributed by atoms with Gasteiger partial charge in [-0.2, -0.15) is 0 Å². The van der Waals surface area contributed by atoms with E-state index in [4.69, 9.17) is 0 Å². The Kier molecular flexibility index (Phi) is 5.45. The SMILES string of the molecule is O=C(Nc1ccc(F)cc1)c1ccccc1NC(=O)c1ccccc1C(=O)O. The second-order valence-electron chi connectivity index (χ2n) is 5.81. The summed E-state index contributed by atoms with van der Waals surface area (Å²) in [4.78, 5) is 36.4. The number of carboxylic acids is 1. The Labute approximate surface area is 159 Å². The fourth-order valence-corrected chi connectivity index (χ4v) is 2.58. The van der Waals surface area contributed by atoms with E-state index >= 15 is 0 Å². The predicted octanol–water partition coefficient (Wildman–Crippen LogP) is 4.03. The summed E-state index contributed by atoms with van der Waals surface area (Å²) in [7, 11) is 0. The van der Waals surface area contributed by atoms with Gasteiger partial charge in [0.05, 0.1) is 22.4 Å². The number of carbonyl (C=O) groups excluding carboxylic acids is 2. The third kappa shape index (κ3) is 4.21. The monoisotopic (exact) mass is 378 g/mol. The minimum Gasteiger partial charge on any atom is -0.478 e. The number of benzene rings is 3. The van der Waals surface area contributed by atoms with Crippen LogP contribution in [0, 0.1) is 5.82 Å². The smallest absolute Gasteiger partial charge is 0.336 e. The summed E-state index contributed by atoms with van der Waals surface area (Å²) in [6.45, 7) is 0. The molecule has 0 spiro atoms. The Morgan fingerprint density at radius 2 is 1.21 bits per heavy atom. The first-order chi connectivity index (χ1) is 13.5. The zero-order valence-electron chi connectivity index (χ0n) is 14.5. The molecule has 0 aliphatic rings. The number of halogens is 1. The number of nitrogens with one attached hydrogen (secondary N) is 2. The first-order valence-corrected chi connectivity index (χ1v) is 8.25. The fourth-order valence-electron chi connectivity index (χ4n) is 2.58. The summed E-state index contributed by atoms with van der Waals surface area (Å²) < 4.78 is 13.0. The van der Waals surface area contributed by atoms with Crippen LogP contribution in [0.2, 0.25) is 0 Å². The maximum Gasteiger partial charge on any atom is 0.336 e. The lowest BCUT2D eigenvalue weighted by atomic mass is 10.1. The molecule has 0 bridgehead atoms. The van der Waals surface area contributed by atoms with Crippen molar-refractivity contribution in [1.82, 2.24) is 0 Å². The van der Waals surface area contributed by atoms with Crippen LogP contribution >= 0.6 is 0 Å². The summed E-state index contributed by atoms with van der Waals surface area (Å²) in [6, 6.07) is 17.3. The molecule has 3 rings (SSSR count). The van der Waals surface area contributed by atoms with Gasteiger partial charge in [0.15, 0.2) is 0 Å². The van der Waals surface area contributed by atoms with Crippen LogP contribution < -0.4 is 10.6 Å². The average molecular weight is 378 g/mol. The highest BCUT2D eigenvalue weighted by atomic mass is 19.1. The molecule has 28 heavy (non-hydrogen) atoms. The van der Waals surface area contributed by atoms with Crippen LogP contribution in [-0.2, 0) is 0 Å². The quantitative estimate of drug-likeness (QED) is 0.625. The van der Waals surface area contributed by atoms with E-state index in [9.17, 15) is 23.9 Å². The molecular formula is C21H15FN2O4. The molecule has 3 aromatic carbocycles. The zero-order valence-corrected chi connectivity index (χ0v) is 14.5. The van der Waals surface area contributed by atoms with Gasteiger partial charge in [-0.05, 0) is 48.5 Å². The van der Waals surface area contributed by atoms with E-state index in [0.29, 0.717) is 5.69 Å². The molecule has 0 aliphatic carbocycles. The number of aromatic carboxylic acids is 1. The van der Waals surface area contributed by atoms with E-state index in [1.54, 1.807) is 18.2 Å². The van der Waals surface area contributed by atoms with Crippen LogP contribution in [-0.4, -0.2) is 22.9 Å². The van der Waals surface area contributed by atoms with E-state index in [2.05, 4.69) is 10.6 Å². The van der Waals surface area contributed by atoms with Crippen molar-refractivity contribution in [3.05, 3.63) is 95.3 Å². The van der Waals surface area contributed by atoms with Crippen LogP contribution in [0.15, 0.2) is 72.8 Å². The molecular weight excluding hydrogens is 363 g/mol. The van der Waals surface area contributed by atoms with Crippen LogP contribution in [0.25, 0.3) is 0 Å². The first-order valence-electron chi connectivity index (χ1n) is 8.25. The number of anilines is 2. The van der Waals surface area contributed by atoms with Crippen molar-refractivity contribution in [1.29, 1.82) is 0 Å². The topological polar surface area (TPSA) is 95.5 Å². The van der Waals surface area contributed by atoms with Gasteiger partial charge in [0.1, 0.15) is 5.82 Å². The van der Waals surface area contributed by atoms with Gasteiger partial charge in [0.2, 0.25) is 0 Å². The van der Waals surface area contributed by atoms with Gasteiger partial charge in [-0.1, -0.05) is 24.3 Å². The molecule has 0 heterocycles. The molecule has 2 amide bonds. The van der Waals surface area contributed by atoms with Gasteiger partial charge in [-0.25, -0.2) is 9.18 Å². The number of hydrogen-bond acceptors (Lipinski definition) is 3. The van der Waals surface area contributed by atoms with Gasteiger partial charge in [0.25, 0.3) is 11.8 Å². The van der Waals surface area contributed by atoms with E-state index in [1.165, 1.54) is 54.6 Å². The Hall–Kier alpha value is -4.00. The molecule has 0 fully saturated rings. The van der Waals surface area contributed by atoms with Crippen LogP contribution in [0.4, 0.5) is 15.8 Å². The van der Waals surface area contributed by atoms with Gasteiger partial charge in [-0.3, -0.25) is 9.59 Å². The molecule has 0 atom stereocenters. The maximum atomic E-state index is 13.0. The standard InChI is InChI=1S/C21H15FN2O4/c22-13-9-11-14(12-10-13)23-20(26)17-7-3-4-8-18(17)24-19(25)15-5-1-2-6-16(15)21(27)28/h1-12H,(H,23,26)(H,24,25)(H,27,28). The second kappa shape index (κ2) is 8.13. The van der Waals surface area contributed by atoms with Crippen molar-refractivity contribution < 1.29 is 23.9 Å². The summed E-state index contributed by atoms with van der Waals surface area (Å²) in [5.41, 5.74) is 0.612. The maximum absolute atomic E-state index is 13.0. The Morgan fingerprint density at radius 1 is 0.679 bits per heavy atom. The highest BCUT2D eigenvalue weighted by molar-refractivity contribution is 6.14. The lowest BCUT2D eigenvalue weighted by Gasteiger charge is -2.12. The van der Waals surface area contributed by atoms with Gasteiger partial charge in [-0.15, -0.1) is 0 Å². The Bertz CT molecular complexity index is 1050. The van der Waals surface area contributed by atoms with Crippen molar-refractivity contribution >= 4 is 29.2 Å². The molecule has 140 valence electrons. The zero-order chi connectivity index (χ0) is 20.1. The first kappa shape index (κ1) is 18.8. The average Bonchev–Trinajstić information content (AvgIpc) is 2.70. The number of carbonyl (C=O) groups is 3. The third-order valence-electron chi connectivity index (χ3n) is 3.92. The Balaban J connectivity index is 1.84. The molecule has 3 aromatic rings. The fraction of sp³-hybridized carbons (Fsp3) is 0. The summed E-state index contributed by atoms with van der Waals surface area (Å²) in [5, 5.41) is 14.4. The van der Waals surface area contributed by atoms with Crippen molar-refractivity contribution in [2.24, 2.45) is 0 Å². The molecule has 0 aliphatic heterocycles. The normalized spacial score (nSPS) is 10.2. The molecule has 3 N–H and O–H groups in total. The molecule has 0 aromatic heterocycles. The molecule has 0 saturated heterocycles. The molecule has 0 unspecified atom stereocenters. The van der Waals surface area contributed by atoms with Crippen molar-refractivity contribution in [2.45, 2.75) is 0 Å². The highest BCUT2D eigenvalue weighted by Crippen LogP contribution is 2.20. The van der Waals surface area contributed by atoms with E-state index in [1.807, 2.05) is 0 Å². The molecule has 7 heteroatoms. The van der Waals surface area contributed by atoms with Crippen molar-refractivity contribution in [2.75, 3.05) is 10.6 Å². The number of rotatable bonds is 5. The lowest BCUT2D eigenvalue weighted by molar-refractivity contribution is 0.0692. The van der Waals surface area contributed by atoms with Crippen LogP contribution in [0.1, 0.15) is 31.1 Å². The number of hydrogen-bond donors (Lipinski definition) is 3. The van der Waals surface area contributed by atoms with Crippen LogP contribution in [0.3, 0.4) is 0 Å². The van der Waals surface area contributed by atoms with Gasteiger partial charge >= 0.3 is 5.97 Å². The van der Waals surface area contributed by atoms with Crippen LogP contribution in [0.5, 0.6) is 0 Å². The summed E-state index contributed by atoms with van der Waals surface area (Å²) >= 11 is 0. The number of carboxylic acid groups (broad SMARTS) is 1. The van der Waals surface area contributed by atoms with Crippen molar-refractivity contribution in [3.63, 3.8) is 0 Å². The van der Waals surface area contributed by atoms with Crippen molar-refractivity contribution in [3.8, 4) is 0 Å². The van der Waals surface area contributed by atoms with E-state index in [0.717, 1.165) is 0 Å². The molecule has 0 radical (unpaired) electrons. The van der Waals surface area contributed by atoms with Gasteiger partial charge in [0, 0.05) is 5.69 Å². The minimum atomic E-state index is -1.23.